The first-order valence-electron chi connectivity index (χ1n) is 11.0. The van der Waals surface area contributed by atoms with Crippen LogP contribution in [0, 0.1) is 5.92 Å². The number of rotatable bonds is 10. The number of nitrogens with one attached hydrogen (secondary N) is 2. The molecule has 0 aromatic heterocycles. The number of halogens is 1. The molecule has 0 spiro atoms. The van der Waals surface area contributed by atoms with E-state index in [9.17, 15) is 14.4 Å². The van der Waals surface area contributed by atoms with E-state index in [2.05, 4.69) is 10.6 Å². The second-order valence-electron chi connectivity index (χ2n) is 7.63. The van der Waals surface area contributed by atoms with Gasteiger partial charge in [0.2, 0.25) is 11.8 Å². The third kappa shape index (κ3) is 8.32. The van der Waals surface area contributed by atoms with Crippen LogP contribution in [-0.4, -0.2) is 49.8 Å². The molecular weight excluding hydrogens is 476 g/mol. The smallest absolute Gasteiger partial charge is 0.321 e. The van der Waals surface area contributed by atoms with Crippen LogP contribution in [0.25, 0.3) is 0 Å². The minimum atomic E-state index is -0.621. The molecule has 0 radical (unpaired) electrons. The molecule has 2 aromatic carbocycles. The maximum Gasteiger partial charge on any atom is 0.321 e. The molecule has 2 aromatic rings. The van der Waals surface area contributed by atoms with E-state index in [1.54, 1.807) is 16.7 Å². The Morgan fingerprint density at radius 1 is 1.12 bits per heavy atom. The van der Waals surface area contributed by atoms with Gasteiger partial charge in [0.25, 0.3) is 0 Å². The number of urea groups is 1. The monoisotopic (exact) mass is 506 g/mol. The lowest BCUT2D eigenvalue weighted by molar-refractivity contribution is -0.124. The zero-order chi connectivity index (χ0) is 23.5. The molecule has 1 heterocycles. The molecule has 4 amide bonds. The van der Waals surface area contributed by atoms with Crippen LogP contribution in [0.5, 0.6) is 0 Å². The van der Waals surface area contributed by atoms with Gasteiger partial charge in [-0.15, -0.1) is 24.2 Å². The summed E-state index contributed by atoms with van der Waals surface area (Å²) in [6.07, 6.45) is 0.747. The highest BCUT2D eigenvalue weighted by molar-refractivity contribution is 7.99. The van der Waals surface area contributed by atoms with Gasteiger partial charge in [0.1, 0.15) is 0 Å². The van der Waals surface area contributed by atoms with Crippen molar-refractivity contribution in [3.63, 3.8) is 0 Å². The van der Waals surface area contributed by atoms with E-state index in [0.29, 0.717) is 31.8 Å². The van der Waals surface area contributed by atoms with Crippen molar-refractivity contribution in [2.45, 2.75) is 24.3 Å². The number of carbonyl (C=O) groups excluding carboxylic acids is 3. The standard InChI is InChI=1S/C24H30N4O4S.ClH/c25-12-13-26-24(31)27-23(30)19(10-14-32-17-18-6-2-1-3-7-18)16-28-20-8-4-5-9-21(20)33-15-11-22(28)29;/h1-9,19H,10-17,25H2,(H2,26,27,30,31);1H/t19-;/m1./s1. The minimum absolute atomic E-state index is 0. The van der Waals surface area contributed by atoms with Gasteiger partial charge in [-0.1, -0.05) is 42.5 Å². The molecule has 0 saturated carbocycles. The van der Waals surface area contributed by atoms with Gasteiger partial charge in [0, 0.05) is 43.3 Å². The van der Waals surface area contributed by atoms with Crippen LogP contribution in [0.1, 0.15) is 18.4 Å². The van der Waals surface area contributed by atoms with E-state index in [4.69, 9.17) is 10.5 Å². The number of thioether (sulfide) groups is 1. The van der Waals surface area contributed by atoms with Gasteiger partial charge in [-0.2, -0.15) is 0 Å². The van der Waals surface area contributed by atoms with Crippen molar-refractivity contribution in [1.82, 2.24) is 10.6 Å². The summed E-state index contributed by atoms with van der Waals surface area (Å²) in [7, 11) is 0. The molecule has 34 heavy (non-hydrogen) atoms. The quantitative estimate of drug-likeness (QED) is 0.427. The maximum absolute atomic E-state index is 13.0. The van der Waals surface area contributed by atoms with E-state index in [-0.39, 0.29) is 37.9 Å². The summed E-state index contributed by atoms with van der Waals surface area (Å²) >= 11 is 1.63. The zero-order valence-corrected chi connectivity index (χ0v) is 20.5. The van der Waals surface area contributed by atoms with Gasteiger partial charge >= 0.3 is 6.03 Å². The second-order valence-corrected chi connectivity index (χ2v) is 8.76. The molecule has 4 N–H and O–H groups in total. The molecule has 0 saturated heterocycles. The number of para-hydroxylation sites is 1. The summed E-state index contributed by atoms with van der Waals surface area (Å²) < 4.78 is 5.78. The zero-order valence-electron chi connectivity index (χ0n) is 18.9. The average molecular weight is 507 g/mol. The highest BCUT2D eigenvalue weighted by Gasteiger charge is 2.29. The number of benzene rings is 2. The summed E-state index contributed by atoms with van der Waals surface area (Å²) in [6.45, 7) is 1.44. The first-order chi connectivity index (χ1) is 16.1. The highest BCUT2D eigenvalue weighted by Crippen LogP contribution is 2.34. The predicted octanol–water partition coefficient (Wildman–Crippen LogP) is 2.94. The molecular formula is C24H31ClN4O4S. The second kappa shape index (κ2) is 14.6. The summed E-state index contributed by atoms with van der Waals surface area (Å²) in [5.74, 6) is -0.423. The fourth-order valence-electron chi connectivity index (χ4n) is 3.48. The van der Waals surface area contributed by atoms with Crippen LogP contribution >= 0.6 is 24.2 Å². The van der Waals surface area contributed by atoms with Crippen LogP contribution in [0.15, 0.2) is 59.5 Å². The molecule has 184 valence electrons. The van der Waals surface area contributed by atoms with Crippen LogP contribution < -0.4 is 21.3 Å². The van der Waals surface area contributed by atoms with Gasteiger partial charge in [0.15, 0.2) is 0 Å². The first-order valence-corrected chi connectivity index (χ1v) is 12.0. The fourth-order valence-corrected chi connectivity index (χ4v) is 4.48. The third-order valence-corrected chi connectivity index (χ3v) is 6.26. The van der Waals surface area contributed by atoms with E-state index in [1.165, 1.54) is 0 Å². The van der Waals surface area contributed by atoms with Gasteiger partial charge < -0.3 is 20.7 Å². The number of ether oxygens (including phenoxy) is 1. The number of hydrogen-bond donors (Lipinski definition) is 3. The van der Waals surface area contributed by atoms with Crippen molar-refractivity contribution >= 4 is 47.7 Å². The molecule has 1 aliphatic rings. The predicted molar refractivity (Wildman–Crippen MR) is 136 cm³/mol. The van der Waals surface area contributed by atoms with Gasteiger partial charge in [-0.05, 0) is 24.1 Å². The highest BCUT2D eigenvalue weighted by atomic mass is 35.5. The lowest BCUT2D eigenvalue weighted by atomic mass is 10.0. The molecule has 8 nitrogen and oxygen atoms in total. The number of hydrogen-bond acceptors (Lipinski definition) is 6. The molecule has 1 aliphatic heterocycles. The number of imide groups is 1. The molecule has 1 atom stereocenters. The summed E-state index contributed by atoms with van der Waals surface area (Å²) in [6, 6.07) is 16.8. The van der Waals surface area contributed by atoms with E-state index in [0.717, 1.165) is 16.1 Å². The maximum atomic E-state index is 13.0. The topological polar surface area (TPSA) is 114 Å². The Morgan fingerprint density at radius 3 is 2.62 bits per heavy atom. The van der Waals surface area contributed by atoms with Gasteiger partial charge in [-0.3, -0.25) is 14.9 Å². The Hall–Kier alpha value is -2.59. The molecule has 3 rings (SSSR count). The average Bonchev–Trinajstić information content (AvgIpc) is 2.98. The Morgan fingerprint density at radius 2 is 1.85 bits per heavy atom. The van der Waals surface area contributed by atoms with Crippen LogP contribution in [-0.2, 0) is 20.9 Å². The number of anilines is 1. The van der Waals surface area contributed by atoms with Crippen molar-refractivity contribution < 1.29 is 19.1 Å². The molecule has 10 heteroatoms. The van der Waals surface area contributed by atoms with Crippen LogP contribution in [0.2, 0.25) is 0 Å². The van der Waals surface area contributed by atoms with E-state index in [1.807, 2.05) is 54.6 Å². The van der Waals surface area contributed by atoms with E-state index < -0.39 is 17.9 Å². The SMILES string of the molecule is Cl.NCCNC(=O)NC(=O)[C@H](CCOCc1ccccc1)CN1C(=O)CCSc2ccccc21. The Balaban J connectivity index is 0.00000408. The molecule has 0 bridgehead atoms. The van der Waals surface area contributed by atoms with Crippen molar-refractivity contribution in [2.24, 2.45) is 11.7 Å². The fraction of sp³-hybridized carbons (Fsp3) is 0.375. The van der Waals surface area contributed by atoms with Gasteiger partial charge in [-0.25, -0.2) is 4.79 Å². The number of amides is 4. The van der Waals surface area contributed by atoms with Crippen molar-refractivity contribution in [1.29, 1.82) is 0 Å². The Labute approximate surface area is 210 Å². The lowest BCUT2D eigenvalue weighted by Gasteiger charge is -2.27. The first kappa shape index (κ1) is 27.7. The number of carbonyl (C=O) groups is 3. The third-order valence-electron chi connectivity index (χ3n) is 5.19. The number of nitrogens with zero attached hydrogens (tertiary/aromatic N) is 1. The Kier molecular flexibility index (Phi) is 11.9. The number of nitrogens with two attached hydrogens (primary N) is 1. The van der Waals surface area contributed by atoms with Gasteiger partial charge in [0.05, 0.1) is 18.2 Å². The molecule has 0 fully saturated rings. The van der Waals surface area contributed by atoms with Crippen LogP contribution in [0.3, 0.4) is 0 Å². The molecule has 0 aliphatic carbocycles. The van der Waals surface area contributed by atoms with Crippen molar-refractivity contribution in [3.8, 4) is 0 Å². The minimum Gasteiger partial charge on any atom is -0.377 e. The van der Waals surface area contributed by atoms with E-state index >= 15 is 0 Å². The van der Waals surface area contributed by atoms with Crippen molar-refractivity contribution in [3.05, 3.63) is 60.2 Å². The Bertz CT molecular complexity index is 948. The summed E-state index contributed by atoms with van der Waals surface area (Å²) in [4.78, 5) is 40.5. The normalized spacial score (nSPS) is 13.8. The lowest BCUT2D eigenvalue weighted by Crippen LogP contribution is -2.47. The van der Waals surface area contributed by atoms with Crippen molar-refractivity contribution in [2.75, 3.05) is 36.9 Å². The van der Waals surface area contributed by atoms with Crippen LogP contribution in [0.4, 0.5) is 10.5 Å². The summed E-state index contributed by atoms with van der Waals surface area (Å²) in [5, 5.41) is 4.91. The largest absolute Gasteiger partial charge is 0.377 e. The number of fused-ring (bicyclic) bond motifs is 1. The summed E-state index contributed by atoms with van der Waals surface area (Å²) in [5.41, 5.74) is 7.23. The molecule has 0 unspecified atom stereocenters.